The summed E-state index contributed by atoms with van der Waals surface area (Å²) in [6, 6.07) is 0. The molecule has 0 spiro atoms. The molecule has 2 N–H and O–H groups in total. The zero-order valence-electron chi connectivity index (χ0n) is 8.62. The van der Waals surface area contributed by atoms with Crippen molar-refractivity contribution in [3.05, 3.63) is 0 Å². The fourth-order valence-corrected chi connectivity index (χ4v) is 1.81. The normalized spacial score (nSPS) is 25.4. The summed E-state index contributed by atoms with van der Waals surface area (Å²) >= 11 is 0. The first-order chi connectivity index (χ1) is 5.75. The van der Waals surface area contributed by atoms with Crippen LogP contribution in [0.25, 0.3) is 0 Å². The molecule has 1 rings (SSSR count). The second-order valence-electron chi connectivity index (χ2n) is 3.79. The lowest BCUT2D eigenvalue weighted by molar-refractivity contribution is 0.409. The van der Waals surface area contributed by atoms with Crippen LogP contribution >= 0.6 is 12.4 Å². The average Bonchev–Trinajstić information content (AvgIpc) is 2.28. The maximum Gasteiger partial charge on any atom is 0.0971 e. The van der Waals surface area contributed by atoms with Gasteiger partial charge in [-0.15, -0.1) is 12.4 Å². The highest BCUT2D eigenvalue weighted by molar-refractivity contribution is 5.85. The van der Waals surface area contributed by atoms with Gasteiger partial charge in [0.25, 0.3) is 0 Å². The molecule has 2 atom stereocenters. The quantitative estimate of drug-likeness (QED) is 0.738. The van der Waals surface area contributed by atoms with E-state index in [0.717, 1.165) is 12.4 Å². The zero-order chi connectivity index (χ0) is 8.97. The molecule has 13 heavy (non-hydrogen) atoms. The van der Waals surface area contributed by atoms with Crippen molar-refractivity contribution in [3.63, 3.8) is 0 Å². The van der Waals surface area contributed by atoms with Crippen molar-refractivity contribution in [3.8, 4) is 0 Å². The van der Waals surface area contributed by atoms with Crippen LogP contribution in [0.1, 0.15) is 39.5 Å². The van der Waals surface area contributed by atoms with E-state index >= 15 is 0 Å². The minimum absolute atomic E-state index is 0. The van der Waals surface area contributed by atoms with E-state index in [2.05, 4.69) is 18.8 Å². The topological polar surface area (TPSA) is 38.4 Å². The van der Waals surface area contributed by atoms with Crippen LogP contribution in [0.15, 0.2) is 4.99 Å². The molecule has 2 nitrogen and oxygen atoms in total. The van der Waals surface area contributed by atoms with E-state index in [1.54, 1.807) is 0 Å². The highest BCUT2D eigenvalue weighted by Gasteiger charge is 2.20. The molecule has 0 bridgehead atoms. The standard InChI is InChI=1S/C10H20N2.ClH/c1-3-8(2)9-6-4-5-7-12-10(9)11;/h8-9H,3-7H2,1-2H3,(H2,11,12);1H. The molecule has 0 amide bonds. The van der Waals surface area contributed by atoms with Gasteiger partial charge >= 0.3 is 0 Å². The summed E-state index contributed by atoms with van der Waals surface area (Å²) in [5.74, 6) is 2.16. The van der Waals surface area contributed by atoms with E-state index in [1.807, 2.05) is 0 Å². The van der Waals surface area contributed by atoms with Gasteiger partial charge in [-0.1, -0.05) is 26.7 Å². The third-order valence-corrected chi connectivity index (χ3v) is 2.93. The highest BCUT2D eigenvalue weighted by atomic mass is 35.5. The largest absolute Gasteiger partial charge is 0.387 e. The van der Waals surface area contributed by atoms with Crippen molar-refractivity contribution < 1.29 is 0 Å². The fourth-order valence-electron chi connectivity index (χ4n) is 1.81. The van der Waals surface area contributed by atoms with E-state index in [-0.39, 0.29) is 12.4 Å². The van der Waals surface area contributed by atoms with Crippen molar-refractivity contribution >= 4 is 18.2 Å². The number of rotatable bonds is 2. The van der Waals surface area contributed by atoms with Gasteiger partial charge in [-0.05, 0) is 18.8 Å². The Morgan fingerprint density at radius 3 is 2.85 bits per heavy atom. The molecule has 2 unspecified atom stereocenters. The SMILES string of the molecule is CCC(C)C1CCCCN=C1N.Cl. The lowest BCUT2D eigenvalue weighted by atomic mass is 9.87. The van der Waals surface area contributed by atoms with Gasteiger partial charge in [0.2, 0.25) is 0 Å². The Hall–Kier alpha value is -0.240. The number of nitrogens with zero attached hydrogens (tertiary/aromatic N) is 1. The molecule has 0 radical (unpaired) electrons. The Balaban J connectivity index is 0.00000144. The zero-order valence-corrected chi connectivity index (χ0v) is 9.44. The highest BCUT2D eigenvalue weighted by Crippen LogP contribution is 2.23. The van der Waals surface area contributed by atoms with Crippen LogP contribution in [0.2, 0.25) is 0 Å². The molecular weight excluding hydrogens is 184 g/mol. The van der Waals surface area contributed by atoms with Gasteiger partial charge in [-0.2, -0.15) is 0 Å². The summed E-state index contributed by atoms with van der Waals surface area (Å²) in [5, 5.41) is 0. The van der Waals surface area contributed by atoms with Crippen LogP contribution in [-0.2, 0) is 0 Å². The second-order valence-corrected chi connectivity index (χ2v) is 3.79. The summed E-state index contributed by atoms with van der Waals surface area (Å²) in [4.78, 5) is 4.37. The van der Waals surface area contributed by atoms with Gasteiger partial charge in [0.15, 0.2) is 0 Å². The van der Waals surface area contributed by atoms with Crippen LogP contribution < -0.4 is 5.73 Å². The molecule has 0 fully saturated rings. The van der Waals surface area contributed by atoms with Crippen molar-refractivity contribution in [2.45, 2.75) is 39.5 Å². The summed E-state index contributed by atoms with van der Waals surface area (Å²) in [6.07, 6.45) is 4.96. The van der Waals surface area contributed by atoms with Crippen LogP contribution in [0.4, 0.5) is 0 Å². The van der Waals surface area contributed by atoms with Crippen LogP contribution in [0.3, 0.4) is 0 Å². The molecule has 0 saturated carbocycles. The summed E-state index contributed by atoms with van der Waals surface area (Å²) in [7, 11) is 0. The molecule has 78 valence electrons. The summed E-state index contributed by atoms with van der Waals surface area (Å²) in [5.41, 5.74) is 5.91. The number of nitrogens with two attached hydrogens (primary N) is 1. The Morgan fingerprint density at radius 2 is 2.23 bits per heavy atom. The van der Waals surface area contributed by atoms with E-state index in [1.165, 1.54) is 25.7 Å². The molecule has 0 aliphatic carbocycles. The van der Waals surface area contributed by atoms with Crippen molar-refractivity contribution in [1.29, 1.82) is 0 Å². The van der Waals surface area contributed by atoms with E-state index in [9.17, 15) is 0 Å². The van der Waals surface area contributed by atoms with Gasteiger partial charge in [0.1, 0.15) is 0 Å². The van der Waals surface area contributed by atoms with E-state index in [4.69, 9.17) is 5.73 Å². The lowest BCUT2D eigenvalue weighted by Crippen LogP contribution is -2.28. The van der Waals surface area contributed by atoms with Crippen LogP contribution in [0, 0.1) is 11.8 Å². The molecule has 1 heterocycles. The van der Waals surface area contributed by atoms with Gasteiger partial charge in [-0.25, -0.2) is 0 Å². The molecule has 0 aromatic carbocycles. The van der Waals surface area contributed by atoms with Crippen molar-refractivity contribution in [1.82, 2.24) is 0 Å². The van der Waals surface area contributed by atoms with Gasteiger partial charge < -0.3 is 5.73 Å². The Kier molecular flexibility index (Phi) is 6.13. The first kappa shape index (κ1) is 12.8. The number of hydrogen-bond donors (Lipinski definition) is 1. The monoisotopic (exact) mass is 204 g/mol. The molecule has 0 saturated heterocycles. The Labute approximate surface area is 87.4 Å². The minimum Gasteiger partial charge on any atom is -0.387 e. The predicted octanol–water partition coefficient (Wildman–Crippen LogP) is 2.61. The Morgan fingerprint density at radius 1 is 1.54 bits per heavy atom. The van der Waals surface area contributed by atoms with Gasteiger partial charge in [0, 0.05) is 12.5 Å². The summed E-state index contributed by atoms with van der Waals surface area (Å²) < 4.78 is 0. The number of hydrogen-bond acceptors (Lipinski definition) is 2. The van der Waals surface area contributed by atoms with Crippen LogP contribution in [-0.4, -0.2) is 12.4 Å². The second kappa shape index (κ2) is 6.25. The molecule has 1 aliphatic rings. The van der Waals surface area contributed by atoms with Gasteiger partial charge in [-0.3, -0.25) is 4.99 Å². The molecule has 0 aromatic rings. The van der Waals surface area contributed by atoms with E-state index in [0.29, 0.717) is 11.8 Å². The van der Waals surface area contributed by atoms with Gasteiger partial charge in [0.05, 0.1) is 5.84 Å². The van der Waals surface area contributed by atoms with Crippen molar-refractivity contribution in [2.75, 3.05) is 6.54 Å². The van der Waals surface area contributed by atoms with Crippen molar-refractivity contribution in [2.24, 2.45) is 22.6 Å². The van der Waals surface area contributed by atoms with Crippen LogP contribution in [0.5, 0.6) is 0 Å². The minimum atomic E-state index is 0. The Bertz CT molecular complexity index is 168. The third-order valence-electron chi connectivity index (χ3n) is 2.93. The smallest absolute Gasteiger partial charge is 0.0971 e. The molecule has 1 aliphatic heterocycles. The average molecular weight is 205 g/mol. The number of amidine groups is 1. The first-order valence-corrected chi connectivity index (χ1v) is 5.05. The maximum atomic E-state index is 5.91. The molecule has 0 aromatic heterocycles. The number of aliphatic imine (C=N–C) groups is 1. The molecular formula is C10H21ClN2. The molecule has 3 heteroatoms. The lowest BCUT2D eigenvalue weighted by Gasteiger charge is -2.20. The summed E-state index contributed by atoms with van der Waals surface area (Å²) in [6.45, 7) is 5.44. The predicted molar refractivity (Wildman–Crippen MR) is 60.5 cm³/mol. The van der Waals surface area contributed by atoms with E-state index < -0.39 is 0 Å². The third kappa shape index (κ3) is 3.55. The maximum absolute atomic E-state index is 5.91. The number of halogens is 1. The fraction of sp³-hybridized carbons (Fsp3) is 0.900. The first-order valence-electron chi connectivity index (χ1n) is 5.05.